The van der Waals surface area contributed by atoms with Crippen LogP contribution in [-0.4, -0.2) is 78.6 Å². The van der Waals surface area contributed by atoms with Crippen molar-refractivity contribution in [3.63, 3.8) is 0 Å². The van der Waals surface area contributed by atoms with E-state index in [0.29, 0.717) is 17.6 Å². The van der Waals surface area contributed by atoms with Crippen LogP contribution in [0.4, 0.5) is 5.95 Å². The monoisotopic (exact) mass is 397 g/mol. The van der Waals surface area contributed by atoms with Crippen LogP contribution in [0.2, 0.25) is 0 Å². The largest absolute Gasteiger partial charge is 0.497 e. The van der Waals surface area contributed by atoms with E-state index in [-0.39, 0.29) is 11.3 Å². The predicted molar refractivity (Wildman–Crippen MR) is 113 cm³/mol. The summed E-state index contributed by atoms with van der Waals surface area (Å²) in [5, 5.41) is 0. The van der Waals surface area contributed by atoms with Gasteiger partial charge >= 0.3 is 0 Å². The maximum absolute atomic E-state index is 12.0. The predicted octanol–water partition coefficient (Wildman–Crippen LogP) is 2.33. The highest BCUT2D eigenvalue weighted by atomic mass is 16.5. The van der Waals surface area contributed by atoms with Gasteiger partial charge in [0, 0.05) is 77.0 Å². The second kappa shape index (κ2) is 7.78. The zero-order valence-corrected chi connectivity index (χ0v) is 17.9. The van der Waals surface area contributed by atoms with Gasteiger partial charge in [-0.1, -0.05) is 19.1 Å². The molecule has 0 saturated carbocycles. The molecule has 3 aliphatic rings. The molecule has 29 heavy (non-hydrogen) atoms. The maximum Gasteiger partial charge on any atom is 0.256 e. The molecule has 1 aromatic rings. The molecular formula is C22H31N5O2. The van der Waals surface area contributed by atoms with Gasteiger partial charge in [0.05, 0.1) is 12.2 Å². The smallest absolute Gasteiger partial charge is 0.256 e. The van der Waals surface area contributed by atoms with Crippen molar-refractivity contribution in [2.75, 3.05) is 51.8 Å². The Bertz CT molecular complexity index is 824. The number of carbonyl (C=O) groups is 1. The van der Waals surface area contributed by atoms with E-state index in [1.54, 1.807) is 26.5 Å². The lowest BCUT2D eigenvalue weighted by Gasteiger charge is -2.45. The van der Waals surface area contributed by atoms with Gasteiger partial charge in [-0.15, -0.1) is 0 Å². The number of aromatic nitrogens is 2. The third-order valence-electron chi connectivity index (χ3n) is 6.60. The van der Waals surface area contributed by atoms with E-state index >= 15 is 0 Å². The number of amides is 1. The van der Waals surface area contributed by atoms with Crippen LogP contribution in [0.1, 0.15) is 37.0 Å². The molecule has 0 spiro atoms. The van der Waals surface area contributed by atoms with Gasteiger partial charge in [0.2, 0.25) is 5.95 Å². The van der Waals surface area contributed by atoms with Crippen LogP contribution in [-0.2, 0) is 4.74 Å². The van der Waals surface area contributed by atoms with E-state index in [0.717, 1.165) is 45.6 Å². The van der Waals surface area contributed by atoms with Gasteiger partial charge in [0.25, 0.3) is 5.91 Å². The second-order valence-electron chi connectivity index (χ2n) is 8.73. The normalized spacial score (nSPS) is 25.6. The van der Waals surface area contributed by atoms with Crippen LogP contribution in [0.15, 0.2) is 35.9 Å². The molecule has 1 aromatic heterocycles. The first-order chi connectivity index (χ1) is 13.9. The van der Waals surface area contributed by atoms with E-state index in [2.05, 4.69) is 45.8 Å². The average molecular weight is 398 g/mol. The van der Waals surface area contributed by atoms with Gasteiger partial charge in [0.1, 0.15) is 5.76 Å². The average Bonchev–Trinajstić information content (AvgIpc) is 3.20. The summed E-state index contributed by atoms with van der Waals surface area (Å²) in [5.74, 6) is 1.82. The van der Waals surface area contributed by atoms with Crippen molar-refractivity contribution in [2.45, 2.75) is 32.7 Å². The van der Waals surface area contributed by atoms with Crippen molar-refractivity contribution in [3.8, 4) is 0 Å². The van der Waals surface area contributed by atoms with Gasteiger partial charge in [0.15, 0.2) is 0 Å². The summed E-state index contributed by atoms with van der Waals surface area (Å²) in [4.78, 5) is 27.2. The quantitative estimate of drug-likeness (QED) is 0.777. The molecule has 0 N–H and O–H groups in total. The Hall–Kier alpha value is -2.41. The van der Waals surface area contributed by atoms with Crippen LogP contribution in [0, 0.1) is 5.41 Å². The summed E-state index contributed by atoms with van der Waals surface area (Å²) in [5.41, 5.74) is 1.99. The number of carbonyl (C=O) groups excluding carboxylic acids is 1. The standard InChI is InChI=1S/C22H31N5O2/c1-16(22(2)7-5-17-6-12-29-19(17)13-22)26-8-10-27(11-9-26)21-23-14-18(15-24-21)20(28)25(3)4/h5,7,14-16H,6,8-13H2,1-4H3/t16-,22?/m1/s1. The summed E-state index contributed by atoms with van der Waals surface area (Å²) in [6.45, 7) is 9.22. The molecule has 1 amide bonds. The third-order valence-corrected chi connectivity index (χ3v) is 6.60. The molecule has 3 heterocycles. The number of anilines is 1. The zero-order valence-electron chi connectivity index (χ0n) is 17.9. The van der Waals surface area contributed by atoms with Crippen molar-refractivity contribution in [1.29, 1.82) is 0 Å². The fourth-order valence-corrected chi connectivity index (χ4v) is 4.42. The first-order valence-electron chi connectivity index (χ1n) is 10.4. The molecule has 7 nitrogen and oxygen atoms in total. The number of piperazine rings is 1. The minimum atomic E-state index is -0.0755. The summed E-state index contributed by atoms with van der Waals surface area (Å²) in [6.07, 6.45) is 9.96. The minimum absolute atomic E-state index is 0.0755. The number of hydrogen-bond donors (Lipinski definition) is 0. The van der Waals surface area contributed by atoms with Crippen molar-refractivity contribution in [1.82, 2.24) is 19.8 Å². The molecule has 156 valence electrons. The SMILES string of the molecule is C[C@@H](N1CCN(c2ncc(C(=O)N(C)C)cn2)CC1)C1(C)C=CC2=C(C1)OCC2. The van der Waals surface area contributed by atoms with Crippen molar-refractivity contribution >= 4 is 11.9 Å². The van der Waals surface area contributed by atoms with E-state index in [4.69, 9.17) is 4.74 Å². The molecule has 1 aliphatic carbocycles. The van der Waals surface area contributed by atoms with Crippen LogP contribution in [0.5, 0.6) is 0 Å². The molecule has 0 bridgehead atoms. The first kappa shape index (κ1) is 19.9. The topological polar surface area (TPSA) is 61.8 Å². The van der Waals surface area contributed by atoms with Crippen molar-refractivity contribution < 1.29 is 9.53 Å². The number of nitrogens with zero attached hydrogens (tertiary/aromatic N) is 5. The van der Waals surface area contributed by atoms with E-state index < -0.39 is 0 Å². The Morgan fingerprint density at radius 2 is 1.90 bits per heavy atom. The van der Waals surface area contributed by atoms with Crippen LogP contribution in [0.25, 0.3) is 0 Å². The summed E-state index contributed by atoms with van der Waals surface area (Å²) in [6, 6.07) is 0.431. The van der Waals surface area contributed by atoms with E-state index in [1.807, 2.05) is 0 Å². The molecular weight excluding hydrogens is 366 g/mol. The second-order valence-corrected chi connectivity index (χ2v) is 8.73. The Morgan fingerprint density at radius 1 is 1.21 bits per heavy atom. The Balaban J connectivity index is 1.36. The molecule has 4 rings (SSSR count). The Morgan fingerprint density at radius 3 is 2.55 bits per heavy atom. The molecule has 0 aromatic carbocycles. The van der Waals surface area contributed by atoms with Gasteiger partial charge in [-0.25, -0.2) is 9.97 Å². The van der Waals surface area contributed by atoms with Crippen molar-refractivity contribution in [3.05, 3.63) is 41.4 Å². The summed E-state index contributed by atoms with van der Waals surface area (Å²) in [7, 11) is 3.46. The highest BCUT2D eigenvalue weighted by Gasteiger charge is 2.38. The van der Waals surface area contributed by atoms with Gasteiger partial charge in [-0.2, -0.15) is 0 Å². The van der Waals surface area contributed by atoms with Gasteiger partial charge < -0.3 is 14.5 Å². The van der Waals surface area contributed by atoms with Crippen LogP contribution < -0.4 is 4.90 Å². The maximum atomic E-state index is 12.0. The molecule has 1 unspecified atom stereocenters. The highest BCUT2D eigenvalue weighted by Crippen LogP contribution is 2.42. The molecule has 2 atom stereocenters. The number of hydrogen-bond acceptors (Lipinski definition) is 6. The number of rotatable bonds is 4. The van der Waals surface area contributed by atoms with Gasteiger partial charge in [-0.3, -0.25) is 9.69 Å². The fraction of sp³-hybridized carbons (Fsp3) is 0.591. The molecule has 0 radical (unpaired) electrons. The van der Waals surface area contributed by atoms with Crippen molar-refractivity contribution in [2.24, 2.45) is 5.41 Å². The lowest BCUT2D eigenvalue weighted by Crippen LogP contribution is -2.54. The highest BCUT2D eigenvalue weighted by molar-refractivity contribution is 5.93. The molecule has 1 saturated heterocycles. The Labute approximate surface area is 173 Å². The van der Waals surface area contributed by atoms with Crippen LogP contribution >= 0.6 is 0 Å². The number of ether oxygens (including phenoxy) is 1. The summed E-state index contributed by atoms with van der Waals surface area (Å²) < 4.78 is 5.86. The minimum Gasteiger partial charge on any atom is -0.497 e. The van der Waals surface area contributed by atoms with Crippen LogP contribution in [0.3, 0.4) is 0 Å². The first-order valence-corrected chi connectivity index (χ1v) is 10.4. The van der Waals surface area contributed by atoms with E-state index in [1.165, 1.54) is 16.2 Å². The Kier molecular flexibility index (Phi) is 5.34. The third kappa shape index (κ3) is 3.88. The lowest BCUT2D eigenvalue weighted by molar-refractivity contribution is 0.0826. The summed E-state index contributed by atoms with van der Waals surface area (Å²) >= 11 is 0. The molecule has 2 aliphatic heterocycles. The zero-order chi connectivity index (χ0) is 20.6. The van der Waals surface area contributed by atoms with E-state index in [9.17, 15) is 4.79 Å². The van der Waals surface area contributed by atoms with Gasteiger partial charge in [-0.05, 0) is 12.5 Å². The molecule has 1 fully saturated rings. The number of allylic oxidation sites excluding steroid dienone is 2. The fourth-order valence-electron chi connectivity index (χ4n) is 4.42. The molecule has 7 heteroatoms. The lowest BCUT2D eigenvalue weighted by atomic mass is 9.74.